The van der Waals surface area contributed by atoms with Gasteiger partial charge in [-0.05, 0) is 0 Å². The summed E-state index contributed by atoms with van der Waals surface area (Å²) in [4.78, 5) is 0. The molecule has 0 unspecified atom stereocenters. The molecule has 0 heterocycles. The first-order chi connectivity index (χ1) is 7.83. The summed E-state index contributed by atoms with van der Waals surface area (Å²) < 4.78 is 0. The molecule has 0 aliphatic carbocycles. The smallest absolute Gasteiger partial charge is 0.0533 e. The van der Waals surface area contributed by atoms with Gasteiger partial charge in [-0.2, -0.15) is 0 Å². The Bertz CT molecular complexity index is 48.4. The van der Waals surface area contributed by atoms with Gasteiger partial charge in [-0.1, -0.05) is 106 Å². The molecular formula is C16H38. The zero-order chi connectivity index (χ0) is 13.1. The highest BCUT2D eigenvalue weighted by atomic mass is 13.9. The minimum Gasteiger partial charge on any atom is -0.0683 e. The summed E-state index contributed by atoms with van der Waals surface area (Å²) in [6, 6.07) is 0. The van der Waals surface area contributed by atoms with E-state index in [4.69, 9.17) is 0 Å². The summed E-state index contributed by atoms with van der Waals surface area (Å²) in [5, 5.41) is 0. The normalized spacial score (nSPS) is 8.62. The molecule has 0 amide bonds. The van der Waals surface area contributed by atoms with Crippen LogP contribution in [0, 0.1) is 0 Å². The van der Waals surface area contributed by atoms with Crippen LogP contribution in [0.15, 0.2) is 0 Å². The molecule has 16 heavy (non-hydrogen) atoms. The Morgan fingerprint density at radius 2 is 0.562 bits per heavy atom. The quantitative estimate of drug-likeness (QED) is 0.395. The number of rotatable bonds is 8. The van der Waals surface area contributed by atoms with E-state index >= 15 is 0 Å². The van der Waals surface area contributed by atoms with Crippen LogP contribution in [0.25, 0.3) is 0 Å². The summed E-state index contributed by atoms with van der Waals surface area (Å²) in [6.45, 7) is 13.0. The Labute approximate surface area is 106 Å². The van der Waals surface area contributed by atoms with E-state index in [1.807, 2.05) is 13.8 Å². The van der Waals surface area contributed by atoms with Gasteiger partial charge in [0.1, 0.15) is 0 Å². The molecule has 0 aromatic carbocycles. The fraction of sp³-hybridized carbons (Fsp3) is 1.00. The maximum absolute atomic E-state index is 2.25. The van der Waals surface area contributed by atoms with Crippen LogP contribution in [0.3, 0.4) is 0 Å². The summed E-state index contributed by atoms with van der Waals surface area (Å²) >= 11 is 0. The number of hydrogen-bond acceptors (Lipinski definition) is 0. The zero-order valence-electron chi connectivity index (χ0n) is 13.1. The largest absolute Gasteiger partial charge is 0.0683 e. The topological polar surface area (TPSA) is 0 Å². The molecule has 0 aliphatic heterocycles. The van der Waals surface area contributed by atoms with Crippen molar-refractivity contribution < 1.29 is 0 Å². The third-order valence-corrected chi connectivity index (χ3v) is 2.41. The van der Waals surface area contributed by atoms with E-state index in [0.29, 0.717) is 0 Å². The van der Waals surface area contributed by atoms with Gasteiger partial charge in [0.05, 0.1) is 0 Å². The highest BCUT2D eigenvalue weighted by Gasteiger charge is 1.80. The molecule has 0 heteroatoms. The summed E-state index contributed by atoms with van der Waals surface area (Å²) in [7, 11) is 0. The molecule has 0 aliphatic rings. The van der Waals surface area contributed by atoms with Crippen LogP contribution in [-0.2, 0) is 0 Å². The van der Waals surface area contributed by atoms with Gasteiger partial charge < -0.3 is 0 Å². The van der Waals surface area contributed by atoms with E-state index in [0.717, 1.165) is 0 Å². The van der Waals surface area contributed by atoms with Gasteiger partial charge in [-0.3, -0.25) is 0 Å². The van der Waals surface area contributed by atoms with Crippen molar-refractivity contribution in [1.82, 2.24) is 0 Å². The highest BCUT2D eigenvalue weighted by Crippen LogP contribution is 2.00. The predicted molar refractivity (Wildman–Crippen MR) is 80.2 cm³/mol. The van der Waals surface area contributed by atoms with Crippen LogP contribution >= 0.6 is 0 Å². The Morgan fingerprint density at radius 1 is 0.375 bits per heavy atom. The van der Waals surface area contributed by atoms with Crippen LogP contribution in [0.2, 0.25) is 0 Å². The fourth-order valence-electron chi connectivity index (χ4n) is 1.35. The highest BCUT2D eigenvalue weighted by molar-refractivity contribution is 4.36. The van der Waals surface area contributed by atoms with E-state index in [-0.39, 0.29) is 0 Å². The van der Waals surface area contributed by atoms with E-state index in [2.05, 4.69) is 27.7 Å². The molecule has 0 bridgehead atoms. The van der Waals surface area contributed by atoms with Gasteiger partial charge in [0.15, 0.2) is 0 Å². The van der Waals surface area contributed by atoms with Crippen LogP contribution in [-0.4, -0.2) is 0 Å². The minimum atomic E-state index is 1.36. The van der Waals surface area contributed by atoms with Crippen molar-refractivity contribution in [1.29, 1.82) is 0 Å². The second-order valence-corrected chi connectivity index (χ2v) is 4.12. The van der Waals surface area contributed by atoms with Crippen molar-refractivity contribution in [3.05, 3.63) is 0 Å². The first kappa shape index (κ1) is 21.3. The third kappa shape index (κ3) is 37.0. The molecule has 0 N–H and O–H groups in total. The second-order valence-electron chi connectivity index (χ2n) is 4.12. The molecule has 0 saturated heterocycles. The molecule has 0 rings (SSSR count). The molecule has 0 aromatic heterocycles. The van der Waals surface area contributed by atoms with E-state index in [9.17, 15) is 0 Å². The Morgan fingerprint density at radius 3 is 0.688 bits per heavy atom. The van der Waals surface area contributed by atoms with Gasteiger partial charge in [-0.15, -0.1) is 0 Å². The summed E-state index contributed by atoms with van der Waals surface area (Å²) in [5.74, 6) is 0. The molecule has 0 fully saturated rings. The van der Waals surface area contributed by atoms with Crippen LogP contribution < -0.4 is 0 Å². The Hall–Kier alpha value is 0. The summed E-state index contributed by atoms with van der Waals surface area (Å²) in [5.41, 5.74) is 0. The Kier molecular flexibility index (Phi) is 39.1. The lowest BCUT2D eigenvalue weighted by molar-refractivity contribution is 0.656. The Balaban J connectivity index is -0.000000183. The number of unbranched alkanes of at least 4 members (excludes halogenated alkanes) is 8. The van der Waals surface area contributed by atoms with Crippen molar-refractivity contribution >= 4 is 0 Å². The molecule has 0 nitrogen and oxygen atoms in total. The van der Waals surface area contributed by atoms with E-state index in [1.165, 1.54) is 64.2 Å². The van der Waals surface area contributed by atoms with Crippen LogP contribution in [0.4, 0.5) is 0 Å². The lowest BCUT2D eigenvalue weighted by Gasteiger charge is -1.90. The lowest BCUT2D eigenvalue weighted by Crippen LogP contribution is -1.70. The van der Waals surface area contributed by atoms with Crippen molar-refractivity contribution in [2.45, 2.75) is 106 Å². The predicted octanol–water partition coefficient (Wildman–Crippen LogP) is 6.98. The molecule has 0 atom stereocenters. The maximum atomic E-state index is 2.25. The summed E-state index contributed by atoms with van der Waals surface area (Å²) in [6.07, 6.45) is 14.0. The first-order valence-electron chi connectivity index (χ1n) is 7.83. The van der Waals surface area contributed by atoms with Crippen LogP contribution in [0.5, 0.6) is 0 Å². The van der Waals surface area contributed by atoms with Gasteiger partial charge >= 0.3 is 0 Å². The van der Waals surface area contributed by atoms with E-state index in [1.54, 1.807) is 0 Å². The molecule has 102 valence electrons. The van der Waals surface area contributed by atoms with Crippen molar-refractivity contribution in [2.24, 2.45) is 0 Å². The average Bonchev–Trinajstić information content (AvgIpc) is 2.34. The molecule has 0 aromatic rings. The third-order valence-electron chi connectivity index (χ3n) is 2.41. The van der Waals surface area contributed by atoms with Gasteiger partial charge in [0.25, 0.3) is 0 Å². The zero-order valence-corrected chi connectivity index (χ0v) is 13.1. The van der Waals surface area contributed by atoms with Crippen molar-refractivity contribution in [3.63, 3.8) is 0 Å². The lowest BCUT2D eigenvalue weighted by atomic mass is 10.2. The molecule has 0 spiro atoms. The maximum Gasteiger partial charge on any atom is -0.0533 e. The second kappa shape index (κ2) is 29.4. The monoisotopic (exact) mass is 230 g/mol. The molecular weight excluding hydrogens is 192 g/mol. The average molecular weight is 230 g/mol. The molecule has 0 radical (unpaired) electrons. The van der Waals surface area contributed by atoms with Crippen LogP contribution in [0.1, 0.15) is 106 Å². The first-order valence-corrected chi connectivity index (χ1v) is 7.83. The van der Waals surface area contributed by atoms with Crippen molar-refractivity contribution in [3.8, 4) is 0 Å². The SMILES string of the molecule is CC.CCCCCCC.CCCCCCC. The fourth-order valence-corrected chi connectivity index (χ4v) is 1.35. The van der Waals surface area contributed by atoms with Gasteiger partial charge in [-0.25, -0.2) is 0 Å². The standard InChI is InChI=1S/2C7H16.C2H6/c2*1-3-5-7-6-4-2;1-2/h2*3-7H2,1-2H3;1-2H3. The van der Waals surface area contributed by atoms with Gasteiger partial charge in [0.2, 0.25) is 0 Å². The van der Waals surface area contributed by atoms with Crippen molar-refractivity contribution in [2.75, 3.05) is 0 Å². The van der Waals surface area contributed by atoms with E-state index < -0.39 is 0 Å². The number of hydrogen-bond donors (Lipinski definition) is 0. The minimum absolute atomic E-state index is 1.36. The van der Waals surface area contributed by atoms with Gasteiger partial charge in [0, 0.05) is 0 Å². The molecule has 0 saturated carbocycles.